The summed E-state index contributed by atoms with van der Waals surface area (Å²) in [6.07, 6.45) is -8.69. The molecule has 2 saturated carbocycles. The summed E-state index contributed by atoms with van der Waals surface area (Å²) in [5, 5.41) is 37.4. The molecule has 2 aliphatic carbocycles. The minimum atomic E-state index is -2.03. The van der Waals surface area contributed by atoms with Crippen molar-refractivity contribution >= 4 is 35.6 Å². The first-order valence-corrected chi connectivity index (χ1v) is 19.5. The number of carbonyl (C=O) groups excluding carboxylic acids is 6. The van der Waals surface area contributed by atoms with Crippen LogP contribution in [0, 0.1) is 23.2 Å². The fourth-order valence-electron chi connectivity index (χ4n) is 8.95. The fourth-order valence-corrected chi connectivity index (χ4v) is 8.95. The van der Waals surface area contributed by atoms with Crippen LogP contribution in [-0.4, -0.2) is 105 Å². The molecule has 58 heavy (non-hydrogen) atoms. The summed E-state index contributed by atoms with van der Waals surface area (Å²) in [6.45, 7) is 11.4. The highest BCUT2D eigenvalue weighted by atomic mass is 16.6. The highest BCUT2D eigenvalue weighted by Crippen LogP contribution is 2.58. The van der Waals surface area contributed by atoms with Crippen molar-refractivity contribution in [3.8, 4) is 0 Å². The zero-order chi connectivity index (χ0) is 43.0. The number of ether oxygens (including phenoxy) is 5. The van der Waals surface area contributed by atoms with E-state index in [0.717, 1.165) is 6.92 Å². The number of aliphatic hydroxyl groups excluding tert-OH is 2. The van der Waals surface area contributed by atoms with Crippen LogP contribution < -0.4 is 5.32 Å². The van der Waals surface area contributed by atoms with Gasteiger partial charge in [-0.15, -0.1) is 0 Å². The number of nitrogens with one attached hydrogen (secondary N) is 1. The van der Waals surface area contributed by atoms with E-state index >= 15 is 0 Å². The monoisotopic (exact) mass is 809 g/mol. The van der Waals surface area contributed by atoms with Crippen molar-refractivity contribution in [1.29, 1.82) is 0 Å². The molecule has 4 N–H and O–H groups in total. The Morgan fingerprint density at radius 3 is 2.03 bits per heavy atom. The Hall–Kier alpha value is -4.70. The minimum Gasteiger partial charge on any atom is -0.460 e. The first-order chi connectivity index (χ1) is 27.0. The molecule has 15 nitrogen and oxygen atoms in total. The Kier molecular flexibility index (Phi) is 12.9. The molecule has 0 radical (unpaired) electrons. The van der Waals surface area contributed by atoms with Crippen LogP contribution in [0.4, 0.5) is 4.79 Å². The van der Waals surface area contributed by atoms with Crippen LogP contribution >= 0.6 is 0 Å². The average molecular weight is 810 g/mol. The van der Waals surface area contributed by atoms with Gasteiger partial charge in [0.25, 0.3) is 0 Å². The molecule has 0 spiro atoms. The Balaban J connectivity index is 1.60. The van der Waals surface area contributed by atoms with E-state index in [2.05, 4.69) is 5.32 Å². The van der Waals surface area contributed by atoms with Crippen molar-refractivity contribution in [2.24, 2.45) is 23.2 Å². The van der Waals surface area contributed by atoms with Gasteiger partial charge in [0.15, 0.2) is 11.7 Å². The number of Topliss-reactive ketones (excluding diaryl/α,β-unsaturated/α-hetero) is 2. The number of esters is 3. The van der Waals surface area contributed by atoms with Crippen LogP contribution in [0.5, 0.6) is 0 Å². The Morgan fingerprint density at radius 2 is 1.50 bits per heavy atom. The first kappa shape index (κ1) is 44.4. The van der Waals surface area contributed by atoms with E-state index < -0.39 is 112 Å². The van der Waals surface area contributed by atoms with Gasteiger partial charge in [0.1, 0.15) is 23.9 Å². The lowest BCUT2D eigenvalue weighted by molar-refractivity contribution is -0.329. The molecule has 2 aromatic rings. The molecule has 3 fully saturated rings. The van der Waals surface area contributed by atoms with Crippen molar-refractivity contribution in [3.05, 3.63) is 71.8 Å². The van der Waals surface area contributed by atoms with Gasteiger partial charge in [-0.05, 0) is 72.1 Å². The highest BCUT2D eigenvalue weighted by Gasteiger charge is 2.73. The molecule has 1 aliphatic heterocycles. The highest BCUT2D eigenvalue weighted by molar-refractivity contribution is 6.40. The van der Waals surface area contributed by atoms with Crippen molar-refractivity contribution in [2.45, 2.75) is 128 Å². The number of hydrogen-bond donors (Lipinski definition) is 4. The van der Waals surface area contributed by atoms with E-state index in [-0.39, 0.29) is 31.4 Å². The van der Waals surface area contributed by atoms with Gasteiger partial charge >= 0.3 is 24.0 Å². The third-order valence-electron chi connectivity index (χ3n) is 11.6. The van der Waals surface area contributed by atoms with E-state index in [0.29, 0.717) is 5.56 Å². The second-order valence-corrected chi connectivity index (χ2v) is 17.4. The molecule has 11 unspecified atom stereocenters. The van der Waals surface area contributed by atoms with Crippen LogP contribution in [-0.2, 0) is 42.9 Å². The molecular formula is C43H55NO14. The van der Waals surface area contributed by atoms with E-state index in [9.17, 15) is 44.1 Å². The summed E-state index contributed by atoms with van der Waals surface area (Å²) in [4.78, 5) is 83.1. The van der Waals surface area contributed by atoms with Crippen LogP contribution in [0.2, 0.25) is 0 Å². The molecule has 1 saturated heterocycles. The van der Waals surface area contributed by atoms with Crippen molar-refractivity contribution in [2.75, 3.05) is 6.61 Å². The lowest BCUT2D eigenvalue weighted by atomic mass is 9.51. The van der Waals surface area contributed by atoms with Crippen molar-refractivity contribution in [3.63, 3.8) is 0 Å². The fraction of sp³-hybridized carbons (Fsp3) is 0.581. The predicted molar refractivity (Wildman–Crippen MR) is 205 cm³/mol. The van der Waals surface area contributed by atoms with Crippen LogP contribution in [0.25, 0.3) is 0 Å². The zero-order valence-electron chi connectivity index (χ0n) is 34.1. The lowest BCUT2D eigenvalue weighted by Crippen LogP contribution is -2.77. The number of benzene rings is 2. The maximum absolute atomic E-state index is 14.9. The Morgan fingerprint density at radius 1 is 0.914 bits per heavy atom. The molecule has 0 bridgehead atoms. The summed E-state index contributed by atoms with van der Waals surface area (Å²) < 4.78 is 29.3. The van der Waals surface area contributed by atoms with Crippen molar-refractivity contribution in [1.82, 2.24) is 5.32 Å². The number of fused-ring (bicyclic) bond motifs is 3. The number of rotatable bonds is 9. The molecule has 1 amide bonds. The minimum absolute atomic E-state index is 0.147. The summed E-state index contributed by atoms with van der Waals surface area (Å²) in [5.41, 5.74) is -6.00. The van der Waals surface area contributed by atoms with Gasteiger partial charge in [0.2, 0.25) is 11.6 Å². The van der Waals surface area contributed by atoms with Gasteiger partial charge in [0.05, 0.1) is 47.2 Å². The van der Waals surface area contributed by atoms with Gasteiger partial charge in [0, 0.05) is 19.3 Å². The number of ketones is 2. The largest absolute Gasteiger partial charge is 0.460 e. The average Bonchev–Trinajstić information content (AvgIpc) is 3.14. The van der Waals surface area contributed by atoms with Gasteiger partial charge in [-0.1, -0.05) is 55.5 Å². The van der Waals surface area contributed by atoms with E-state index in [1.54, 1.807) is 69.3 Å². The van der Waals surface area contributed by atoms with Gasteiger partial charge in [-0.2, -0.15) is 0 Å². The topological polar surface area (TPSA) is 221 Å². The molecule has 11 atom stereocenters. The number of amides is 1. The summed E-state index contributed by atoms with van der Waals surface area (Å²) in [7, 11) is 0. The molecule has 15 heteroatoms. The molecule has 316 valence electrons. The molecule has 3 aliphatic rings. The van der Waals surface area contributed by atoms with E-state index in [1.165, 1.54) is 39.8 Å². The second kappa shape index (κ2) is 16.9. The van der Waals surface area contributed by atoms with Gasteiger partial charge in [-0.3, -0.25) is 14.4 Å². The van der Waals surface area contributed by atoms with Gasteiger partial charge in [-0.25, -0.2) is 14.4 Å². The van der Waals surface area contributed by atoms with Crippen LogP contribution in [0.1, 0.15) is 96.6 Å². The van der Waals surface area contributed by atoms with E-state index in [4.69, 9.17) is 23.7 Å². The van der Waals surface area contributed by atoms with E-state index in [1.807, 2.05) is 0 Å². The molecule has 5 rings (SSSR count). The van der Waals surface area contributed by atoms with Gasteiger partial charge < -0.3 is 44.3 Å². The number of alkyl carbamates (subject to hydrolysis) is 1. The van der Waals surface area contributed by atoms with Crippen LogP contribution in [0.15, 0.2) is 60.7 Å². The van der Waals surface area contributed by atoms with Crippen LogP contribution in [0.3, 0.4) is 0 Å². The normalized spacial score (nSPS) is 31.2. The number of carbonyl (C=O) groups is 6. The summed E-state index contributed by atoms with van der Waals surface area (Å²) >= 11 is 0. The summed E-state index contributed by atoms with van der Waals surface area (Å²) in [5.74, 6) is -9.01. The molecule has 2 aromatic carbocycles. The SMILES string of the molecule is CC(=O)OC12COC1CC(O)C1(C)C(=O)C(=O)C(C(C)(C)O)C(C)C(OC(=O)C(O)C(NC(=O)OC(C)(C)C)c3ccccc3)CCC(OC(=O)c3ccccc3)C21. The molecular weight excluding hydrogens is 754 g/mol. The third kappa shape index (κ3) is 8.97. The molecule has 0 aromatic heterocycles. The predicted octanol–water partition coefficient (Wildman–Crippen LogP) is 3.79. The Labute approximate surface area is 337 Å². The quantitative estimate of drug-likeness (QED) is 0.161. The number of hydrogen-bond acceptors (Lipinski definition) is 14. The smallest absolute Gasteiger partial charge is 0.408 e. The first-order valence-electron chi connectivity index (χ1n) is 19.5. The molecule has 1 heterocycles. The Bertz CT molecular complexity index is 1860. The third-order valence-corrected chi connectivity index (χ3v) is 11.6. The number of aliphatic hydroxyl groups is 3. The zero-order valence-corrected chi connectivity index (χ0v) is 34.1. The summed E-state index contributed by atoms with van der Waals surface area (Å²) in [6, 6.07) is 14.8. The van der Waals surface area contributed by atoms with Crippen molar-refractivity contribution < 1.29 is 67.8 Å². The second-order valence-electron chi connectivity index (χ2n) is 17.4. The lowest BCUT2D eigenvalue weighted by Gasteiger charge is -2.63. The standard InChI is InChI=1S/C43H55NO14/c1-23-27(55-38(51)34(48)32(25-15-11-9-12-16-25)44-39(52)58-40(3,4)5)19-20-28(56-37(50)26-17-13-10-14-18-26)35-42(8,36(49)33(47)31(23)41(6,7)53)29(46)21-30-43(35,22-54-30)57-24(2)45/h9-18,23,27-32,34-35,46,48,53H,19-22H2,1-8H3,(H,44,52). The maximum atomic E-state index is 14.9. The maximum Gasteiger partial charge on any atom is 0.408 e.